The molecule has 1 heterocycles. The van der Waals surface area contributed by atoms with Crippen LogP contribution in [0.5, 0.6) is 0 Å². The van der Waals surface area contributed by atoms with Crippen molar-refractivity contribution in [3.8, 4) is 0 Å². The SMILES string of the molecule is O=C(NCCc1ccc(Cl)s1)C1(O)CCCC1. The fourth-order valence-corrected chi connectivity index (χ4v) is 3.22. The number of nitrogens with one attached hydrogen (secondary N) is 1. The van der Waals surface area contributed by atoms with Crippen molar-refractivity contribution < 1.29 is 9.90 Å². The van der Waals surface area contributed by atoms with Gasteiger partial charge in [0.15, 0.2) is 0 Å². The Morgan fingerprint density at radius 3 is 2.76 bits per heavy atom. The summed E-state index contributed by atoms with van der Waals surface area (Å²) in [5, 5.41) is 12.8. The van der Waals surface area contributed by atoms with Crippen molar-refractivity contribution in [2.24, 2.45) is 0 Å². The molecular formula is C12H16ClNO2S. The predicted octanol–water partition coefficient (Wildman–Crippen LogP) is 2.37. The van der Waals surface area contributed by atoms with Crippen molar-refractivity contribution in [3.63, 3.8) is 0 Å². The fourth-order valence-electron chi connectivity index (χ4n) is 2.14. The molecule has 1 saturated carbocycles. The second kappa shape index (κ2) is 5.38. The molecule has 0 aliphatic heterocycles. The normalized spacial score (nSPS) is 18.2. The summed E-state index contributed by atoms with van der Waals surface area (Å²) in [6, 6.07) is 3.82. The molecule has 5 heteroatoms. The van der Waals surface area contributed by atoms with Crippen molar-refractivity contribution in [1.82, 2.24) is 5.32 Å². The Morgan fingerprint density at radius 2 is 2.18 bits per heavy atom. The highest BCUT2D eigenvalue weighted by Crippen LogP contribution is 2.29. The van der Waals surface area contributed by atoms with Gasteiger partial charge in [-0.05, 0) is 44.2 Å². The molecule has 0 bridgehead atoms. The van der Waals surface area contributed by atoms with Gasteiger partial charge >= 0.3 is 0 Å². The lowest BCUT2D eigenvalue weighted by molar-refractivity contribution is -0.139. The van der Waals surface area contributed by atoms with E-state index >= 15 is 0 Å². The van der Waals surface area contributed by atoms with Crippen molar-refractivity contribution in [2.75, 3.05) is 6.54 Å². The summed E-state index contributed by atoms with van der Waals surface area (Å²) in [5.74, 6) is -0.224. The summed E-state index contributed by atoms with van der Waals surface area (Å²) in [5.41, 5.74) is -1.12. The van der Waals surface area contributed by atoms with Gasteiger partial charge < -0.3 is 10.4 Å². The molecule has 3 nitrogen and oxygen atoms in total. The van der Waals surface area contributed by atoms with Crippen LogP contribution in [0.15, 0.2) is 12.1 Å². The van der Waals surface area contributed by atoms with Crippen LogP contribution in [-0.4, -0.2) is 23.2 Å². The van der Waals surface area contributed by atoms with E-state index in [1.165, 1.54) is 11.3 Å². The number of halogens is 1. The number of thiophene rings is 1. The van der Waals surface area contributed by atoms with E-state index in [2.05, 4.69) is 5.32 Å². The van der Waals surface area contributed by atoms with Gasteiger partial charge in [-0.2, -0.15) is 0 Å². The van der Waals surface area contributed by atoms with E-state index in [4.69, 9.17) is 11.6 Å². The Hall–Kier alpha value is -0.580. The van der Waals surface area contributed by atoms with E-state index < -0.39 is 5.60 Å². The molecule has 1 aromatic rings. The van der Waals surface area contributed by atoms with Gasteiger partial charge in [0.2, 0.25) is 0 Å². The monoisotopic (exact) mass is 273 g/mol. The number of rotatable bonds is 4. The summed E-state index contributed by atoms with van der Waals surface area (Å²) in [6.45, 7) is 0.554. The topological polar surface area (TPSA) is 49.3 Å². The zero-order chi connectivity index (χ0) is 12.3. The Balaban J connectivity index is 1.77. The van der Waals surface area contributed by atoms with Gasteiger partial charge in [-0.15, -0.1) is 11.3 Å². The quantitative estimate of drug-likeness (QED) is 0.885. The maximum absolute atomic E-state index is 11.8. The Bertz CT molecular complexity index is 399. The summed E-state index contributed by atoms with van der Waals surface area (Å²) >= 11 is 7.34. The molecule has 17 heavy (non-hydrogen) atoms. The summed E-state index contributed by atoms with van der Waals surface area (Å²) in [7, 11) is 0. The van der Waals surface area contributed by atoms with Crippen molar-refractivity contribution in [2.45, 2.75) is 37.7 Å². The predicted molar refractivity (Wildman–Crippen MR) is 69.5 cm³/mol. The van der Waals surface area contributed by atoms with Gasteiger partial charge in [-0.3, -0.25) is 4.79 Å². The minimum Gasteiger partial charge on any atom is -0.380 e. The minimum absolute atomic E-state index is 0.224. The second-order valence-corrected chi connectivity index (χ2v) is 6.25. The molecule has 0 spiro atoms. The first-order valence-corrected chi connectivity index (χ1v) is 7.04. The molecule has 1 aliphatic rings. The van der Waals surface area contributed by atoms with E-state index in [9.17, 15) is 9.90 Å². The lowest BCUT2D eigenvalue weighted by atomic mass is 10.0. The van der Waals surface area contributed by atoms with Gasteiger partial charge in [-0.25, -0.2) is 0 Å². The Labute approximate surface area is 110 Å². The molecular weight excluding hydrogens is 258 g/mol. The van der Waals surface area contributed by atoms with E-state index in [0.29, 0.717) is 19.4 Å². The first-order valence-electron chi connectivity index (χ1n) is 5.85. The smallest absolute Gasteiger partial charge is 0.251 e. The third-order valence-electron chi connectivity index (χ3n) is 3.14. The number of amides is 1. The highest BCUT2D eigenvalue weighted by Gasteiger charge is 2.38. The molecule has 2 N–H and O–H groups in total. The van der Waals surface area contributed by atoms with E-state index in [-0.39, 0.29) is 5.91 Å². The van der Waals surface area contributed by atoms with Crippen LogP contribution in [-0.2, 0) is 11.2 Å². The van der Waals surface area contributed by atoms with Gasteiger partial charge in [-0.1, -0.05) is 11.6 Å². The zero-order valence-electron chi connectivity index (χ0n) is 9.54. The number of carbonyl (C=O) groups is 1. The standard InChI is InChI=1S/C12H16ClNO2S/c13-10-4-3-9(17-10)5-8-14-11(15)12(16)6-1-2-7-12/h3-4,16H,1-2,5-8H2,(H,14,15). The summed E-state index contributed by atoms with van der Waals surface area (Å²) < 4.78 is 0.765. The molecule has 1 fully saturated rings. The molecule has 0 radical (unpaired) electrons. The molecule has 0 unspecified atom stereocenters. The largest absolute Gasteiger partial charge is 0.380 e. The van der Waals surface area contributed by atoms with Crippen molar-refractivity contribution in [3.05, 3.63) is 21.3 Å². The number of carbonyl (C=O) groups excluding carboxylic acids is 1. The third kappa shape index (κ3) is 3.21. The highest BCUT2D eigenvalue weighted by molar-refractivity contribution is 7.16. The molecule has 94 valence electrons. The fraction of sp³-hybridized carbons (Fsp3) is 0.583. The summed E-state index contributed by atoms with van der Waals surface area (Å²) in [4.78, 5) is 12.9. The van der Waals surface area contributed by atoms with Crippen LogP contribution in [0.2, 0.25) is 4.34 Å². The molecule has 0 saturated heterocycles. The lowest BCUT2D eigenvalue weighted by Gasteiger charge is -2.20. The first kappa shape index (κ1) is 12.9. The van der Waals surface area contributed by atoms with E-state index in [0.717, 1.165) is 28.5 Å². The lowest BCUT2D eigenvalue weighted by Crippen LogP contribution is -2.45. The number of aliphatic hydroxyl groups is 1. The van der Waals surface area contributed by atoms with E-state index in [1.807, 2.05) is 12.1 Å². The van der Waals surface area contributed by atoms with Crippen molar-refractivity contribution in [1.29, 1.82) is 0 Å². The van der Waals surface area contributed by atoms with Crippen LogP contribution < -0.4 is 5.32 Å². The first-order chi connectivity index (χ1) is 8.10. The maximum atomic E-state index is 11.8. The van der Waals surface area contributed by atoms with E-state index in [1.54, 1.807) is 0 Å². The number of hydrogen-bond acceptors (Lipinski definition) is 3. The van der Waals surface area contributed by atoms with Crippen molar-refractivity contribution >= 4 is 28.8 Å². The summed E-state index contributed by atoms with van der Waals surface area (Å²) in [6.07, 6.45) is 3.81. The molecule has 1 aromatic heterocycles. The van der Waals surface area contributed by atoms with Crippen LogP contribution in [0.1, 0.15) is 30.6 Å². The van der Waals surface area contributed by atoms with Crippen LogP contribution in [0.4, 0.5) is 0 Å². The molecule has 1 aliphatic carbocycles. The average Bonchev–Trinajstić information content (AvgIpc) is 2.89. The van der Waals surface area contributed by atoms with Crippen LogP contribution in [0.25, 0.3) is 0 Å². The second-order valence-electron chi connectivity index (χ2n) is 4.45. The average molecular weight is 274 g/mol. The van der Waals surface area contributed by atoms with Gasteiger partial charge in [0, 0.05) is 11.4 Å². The molecule has 1 amide bonds. The Kier molecular flexibility index (Phi) is 4.07. The number of hydrogen-bond donors (Lipinski definition) is 2. The van der Waals surface area contributed by atoms with Gasteiger partial charge in [0.1, 0.15) is 5.60 Å². The highest BCUT2D eigenvalue weighted by atomic mass is 35.5. The van der Waals surface area contributed by atoms with Gasteiger partial charge in [0.25, 0.3) is 5.91 Å². The van der Waals surface area contributed by atoms with Crippen LogP contribution in [0.3, 0.4) is 0 Å². The minimum atomic E-state index is -1.12. The molecule has 0 atom stereocenters. The van der Waals surface area contributed by atoms with Crippen LogP contribution in [0, 0.1) is 0 Å². The molecule has 2 rings (SSSR count). The zero-order valence-corrected chi connectivity index (χ0v) is 11.1. The maximum Gasteiger partial charge on any atom is 0.251 e. The molecule has 0 aromatic carbocycles. The van der Waals surface area contributed by atoms with Gasteiger partial charge in [0.05, 0.1) is 4.34 Å². The third-order valence-corrected chi connectivity index (χ3v) is 4.43. The Morgan fingerprint density at radius 1 is 1.47 bits per heavy atom. The van der Waals surface area contributed by atoms with Crippen LogP contribution >= 0.6 is 22.9 Å².